The average Bonchev–Trinajstić information content (AvgIpc) is 2.87. The van der Waals surface area contributed by atoms with Gasteiger partial charge in [-0.1, -0.05) is 11.6 Å². The van der Waals surface area contributed by atoms with Gasteiger partial charge in [0.1, 0.15) is 12.4 Å². The summed E-state index contributed by atoms with van der Waals surface area (Å²) in [5, 5.41) is 0.613. The quantitative estimate of drug-likeness (QED) is 0.783. The Morgan fingerprint density at radius 1 is 1.29 bits per heavy atom. The van der Waals surface area contributed by atoms with Crippen LogP contribution in [0.3, 0.4) is 0 Å². The van der Waals surface area contributed by atoms with Gasteiger partial charge in [0.2, 0.25) is 5.91 Å². The number of fused-ring (bicyclic) bond motifs is 5. The van der Waals surface area contributed by atoms with Gasteiger partial charge >= 0.3 is 0 Å². The number of hydrogen-bond acceptors (Lipinski definition) is 3. The minimum absolute atomic E-state index is 0.0411. The van der Waals surface area contributed by atoms with Gasteiger partial charge < -0.3 is 14.5 Å². The molecule has 2 atom stereocenters. The first kappa shape index (κ1) is 15.5. The third-order valence-electron chi connectivity index (χ3n) is 5.21. The first-order valence-electron chi connectivity index (χ1n) is 8.22. The van der Waals surface area contributed by atoms with Crippen molar-refractivity contribution in [2.75, 3.05) is 26.7 Å². The number of piperidine rings is 1. The first-order valence-corrected chi connectivity index (χ1v) is 8.59. The predicted molar refractivity (Wildman–Crippen MR) is 90.8 cm³/mol. The number of benzene rings is 1. The number of carbonyl (C=O) groups excluding carboxylic acids is 2. The smallest absolute Gasteiger partial charge is 0.253 e. The van der Waals surface area contributed by atoms with Gasteiger partial charge in [-0.15, -0.1) is 0 Å². The molecule has 0 N–H and O–H groups in total. The molecule has 2 amide bonds. The Morgan fingerprint density at radius 3 is 2.96 bits per heavy atom. The fourth-order valence-corrected chi connectivity index (χ4v) is 3.98. The van der Waals surface area contributed by atoms with Gasteiger partial charge in [-0.2, -0.15) is 0 Å². The van der Waals surface area contributed by atoms with E-state index in [0.29, 0.717) is 23.7 Å². The summed E-state index contributed by atoms with van der Waals surface area (Å²) in [7, 11) is 1.84. The highest BCUT2D eigenvalue weighted by molar-refractivity contribution is 6.30. The number of halogens is 1. The molecule has 1 aromatic rings. The predicted octanol–water partition coefficient (Wildman–Crippen LogP) is 2.19. The van der Waals surface area contributed by atoms with Gasteiger partial charge in [-0.3, -0.25) is 9.59 Å². The monoisotopic (exact) mass is 346 g/mol. The maximum Gasteiger partial charge on any atom is 0.253 e. The zero-order valence-electron chi connectivity index (χ0n) is 13.5. The van der Waals surface area contributed by atoms with E-state index in [4.69, 9.17) is 16.3 Å². The maximum absolute atomic E-state index is 12.9. The van der Waals surface area contributed by atoms with Crippen LogP contribution >= 0.6 is 11.6 Å². The van der Waals surface area contributed by atoms with Crippen molar-refractivity contribution in [3.63, 3.8) is 0 Å². The summed E-state index contributed by atoms with van der Waals surface area (Å²) in [6.45, 7) is 1.35. The van der Waals surface area contributed by atoms with Crippen molar-refractivity contribution >= 4 is 29.5 Å². The lowest BCUT2D eigenvalue weighted by Gasteiger charge is -2.32. The highest BCUT2D eigenvalue weighted by Gasteiger charge is 2.40. The van der Waals surface area contributed by atoms with Gasteiger partial charge in [0.25, 0.3) is 5.91 Å². The second-order valence-electron chi connectivity index (χ2n) is 6.73. The van der Waals surface area contributed by atoms with Crippen LogP contribution in [0.4, 0.5) is 0 Å². The van der Waals surface area contributed by atoms with Crippen molar-refractivity contribution in [1.82, 2.24) is 9.80 Å². The van der Waals surface area contributed by atoms with E-state index >= 15 is 0 Å². The fraction of sp³-hybridized carbons (Fsp3) is 0.444. The number of likely N-dealkylation sites (N-methyl/N-ethyl adjacent to an activating group) is 1. The Balaban J connectivity index is 1.59. The molecule has 4 aliphatic heterocycles. The summed E-state index contributed by atoms with van der Waals surface area (Å²) in [4.78, 5) is 28.9. The fourth-order valence-electron chi connectivity index (χ4n) is 3.80. The molecule has 126 valence electrons. The van der Waals surface area contributed by atoms with Crippen LogP contribution in [-0.2, 0) is 9.59 Å². The third-order valence-corrected chi connectivity index (χ3v) is 5.45. The van der Waals surface area contributed by atoms with Crippen LogP contribution in [0, 0.1) is 5.92 Å². The Morgan fingerprint density at radius 2 is 2.12 bits per heavy atom. The zero-order valence-corrected chi connectivity index (χ0v) is 14.3. The summed E-state index contributed by atoms with van der Waals surface area (Å²) >= 11 is 6.03. The number of rotatable bonds is 1. The largest absolute Gasteiger partial charge is 0.488 e. The minimum atomic E-state index is -0.0791. The molecule has 0 radical (unpaired) electrons. The van der Waals surface area contributed by atoms with E-state index < -0.39 is 0 Å². The van der Waals surface area contributed by atoms with E-state index in [-0.39, 0.29) is 30.4 Å². The van der Waals surface area contributed by atoms with Crippen molar-refractivity contribution < 1.29 is 14.3 Å². The van der Waals surface area contributed by atoms with E-state index in [1.807, 2.05) is 29.0 Å². The molecular weight excluding hydrogens is 328 g/mol. The summed E-state index contributed by atoms with van der Waals surface area (Å²) in [6.07, 6.45) is 3.68. The molecule has 2 bridgehead atoms. The number of hydrogen-bond donors (Lipinski definition) is 0. The molecule has 4 heterocycles. The molecule has 6 heteroatoms. The summed E-state index contributed by atoms with van der Waals surface area (Å²) < 4.78 is 5.69. The van der Waals surface area contributed by atoms with Crippen LogP contribution in [-0.4, -0.2) is 54.4 Å². The number of carbonyl (C=O) groups is 2. The average molecular weight is 347 g/mol. The molecule has 24 heavy (non-hydrogen) atoms. The highest BCUT2D eigenvalue weighted by atomic mass is 35.5. The molecule has 5 rings (SSSR count). The second-order valence-corrected chi connectivity index (χ2v) is 7.16. The Hall–Kier alpha value is -2.01. The SMILES string of the molecule is CN1C(=O)[C@H]2CC[C@@H]1CN(C(=O)C1=Cc3cc(Cl)ccc3OC1)C2. The van der Waals surface area contributed by atoms with Crippen molar-refractivity contribution in [2.45, 2.75) is 18.9 Å². The topological polar surface area (TPSA) is 49.9 Å². The van der Waals surface area contributed by atoms with Crippen LogP contribution in [0.15, 0.2) is 23.8 Å². The Bertz CT molecular complexity index is 746. The van der Waals surface area contributed by atoms with Crippen molar-refractivity contribution in [1.29, 1.82) is 0 Å². The molecule has 0 spiro atoms. The van der Waals surface area contributed by atoms with E-state index in [1.165, 1.54) is 0 Å². The van der Waals surface area contributed by atoms with Gasteiger partial charge in [-0.25, -0.2) is 0 Å². The second kappa shape index (κ2) is 5.81. The molecule has 0 unspecified atom stereocenters. The van der Waals surface area contributed by atoms with E-state index in [2.05, 4.69) is 0 Å². The van der Waals surface area contributed by atoms with Gasteiger partial charge in [-0.05, 0) is 37.1 Å². The van der Waals surface area contributed by atoms with Crippen LogP contribution in [0.2, 0.25) is 5.02 Å². The van der Waals surface area contributed by atoms with Crippen LogP contribution in [0.5, 0.6) is 5.75 Å². The Kier molecular flexibility index (Phi) is 3.76. The molecule has 5 nitrogen and oxygen atoms in total. The summed E-state index contributed by atoms with van der Waals surface area (Å²) in [5.74, 6) is 0.777. The van der Waals surface area contributed by atoms with Crippen molar-refractivity contribution in [2.24, 2.45) is 5.92 Å². The molecule has 0 aliphatic carbocycles. The number of nitrogens with zero attached hydrogens (tertiary/aromatic N) is 2. The lowest BCUT2D eigenvalue weighted by Crippen LogP contribution is -2.45. The molecule has 4 aliphatic rings. The van der Waals surface area contributed by atoms with E-state index in [9.17, 15) is 9.59 Å². The zero-order chi connectivity index (χ0) is 16.8. The van der Waals surface area contributed by atoms with E-state index in [0.717, 1.165) is 24.2 Å². The van der Waals surface area contributed by atoms with Crippen LogP contribution < -0.4 is 4.74 Å². The number of amides is 2. The van der Waals surface area contributed by atoms with E-state index in [1.54, 1.807) is 12.1 Å². The standard InChI is InChI=1S/C18H19ClN2O3/c1-20-15-4-2-11(17(20)22)8-21(9-15)18(23)13-6-12-7-14(19)3-5-16(12)24-10-13/h3,5-7,11,15H,2,4,8-10H2,1H3/t11-,15+/m0/s1. The van der Waals surface area contributed by atoms with Gasteiger partial charge in [0, 0.05) is 36.8 Å². The summed E-state index contributed by atoms with van der Waals surface area (Å²) in [6, 6.07) is 5.50. The third kappa shape index (κ3) is 2.57. The lowest BCUT2D eigenvalue weighted by atomic mass is 9.95. The first-order chi connectivity index (χ1) is 11.5. The van der Waals surface area contributed by atoms with Gasteiger partial charge in [0.05, 0.1) is 11.5 Å². The van der Waals surface area contributed by atoms with Crippen LogP contribution in [0.1, 0.15) is 18.4 Å². The maximum atomic E-state index is 12.9. The summed E-state index contributed by atoms with van der Waals surface area (Å²) in [5.41, 5.74) is 1.43. The molecular formula is C18H19ClN2O3. The minimum Gasteiger partial charge on any atom is -0.488 e. The van der Waals surface area contributed by atoms with Crippen molar-refractivity contribution in [3.8, 4) is 5.75 Å². The lowest BCUT2D eigenvalue weighted by molar-refractivity contribution is -0.138. The van der Waals surface area contributed by atoms with Crippen LogP contribution in [0.25, 0.3) is 6.08 Å². The molecule has 3 fully saturated rings. The molecule has 1 aromatic carbocycles. The number of ether oxygens (including phenoxy) is 1. The van der Waals surface area contributed by atoms with Crippen molar-refractivity contribution in [3.05, 3.63) is 34.4 Å². The normalized spacial score (nSPS) is 25.8. The highest BCUT2D eigenvalue weighted by Crippen LogP contribution is 2.32. The molecule has 0 saturated carbocycles. The molecule has 3 saturated heterocycles. The molecule has 0 aromatic heterocycles. The Labute approximate surface area is 145 Å². The van der Waals surface area contributed by atoms with Gasteiger partial charge in [0.15, 0.2) is 0 Å².